The Hall–Kier alpha value is -7.57. The van der Waals surface area contributed by atoms with Crippen LogP contribution in [0.2, 0.25) is 0 Å². The van der Waals surface area contributed by atoms with Crippen molar-refractivity contribution >= 4 is 79.2 Å². The van der Waals surface area contributed by atoms with Crippen LogP contribution in [0.25, 0.3) is 60.9 Å². The summed E-state index contributed by atoms with van der Waals surface area (Å²) in [5.41, 5.74) is 13.1. The normalized spacial score (nSPS) is 12.6. The second-order valence-electron chi connectivity index (χ2n) is 17.1. The molecule has 2 aliphatic heterocycles. The van der Waals surface area contributed by atoms with E-state index in [1.165, 1.54) is 80.6 Å². The van der Waals surface area contributed by atoms with Crippen LogP contribution in [0.5, 0.6) is 11.5 Å². The lowest BCUT2D eigenvalue weighted by Crippen LogP contribution is -2.74. The molecular formula is C60H40BNOSSi. The van der Waals surface area contributed by atoms with E-state index in [9.17, 15) is 0 Å². The number of rotatable bonds is 7. The number of nitrogens with zero attached hydrogens (tertiary/aromatic N) is 1. The standard InChI is InChI=1S/C60H40BNOSSi/c1-4-20-44(21-5-1)65(45-22-6-2-7-23-45,46-24-8-3-9-25-46)47-26-18-19-41(37-47)42-35-36-59-51(38-42)52-39-43(40-58-60(52)61(64-59)53-30-13-17-34-57(53)63-58)48-27-10-14-31-54(48)62-55-32-15-11-28-49(55)50-29-12-16-33-56(50)62/h1-40H. The van der Waals surface area contributed by atoms with Gasteiger partial charge in [-0.25, -0.2) is 0 Å². The molecule has 10 aromatic carbocycles. The fourth-order valence-corrected chi connectivity index (χ4v) is 17.0. The van der Waals surface area contributed by atoms with Gasteiger partial charge in [0.15, 0.2) is 8.07 Å². The molecule has 2 aliphatic rings. The Morgan fingerprint density at radius 1 is 0.385 bits per heavy atom. The zero-order valence-corrected chi connectivity index (χ0v) is 37.3. The molecule has 1 aromatic heterocycles. The Kier molecular flexibility index (Phi) is 8.93. The molecule has 2 nitrogen and oxygen atoms in total. The average molecular weight is 862 g/mol. The molecule has 0 bridgehead atoms. The van der Waals surface area contributed by atoms with E-state index in [1.54, 1.807) is 0 Å². The monoisotopic (exact) mass is 861 g/mol. The Labute approximate surface area is 384 Å². The summed E-state index contributed by atoms with van der Waals surface area (Å²) in [4.78, 5) is 1.28. The van der Waals surface area contributed by atoms with Crippen molar-refractivity contribution in [3.8, 4) is 50.6 Å². The minimum atomic E-state index is -2.73. The van der Waals surface area contributed by atoms with Gasteiger partial charge in [0.1, 0.15) is 11.5 Å². The van der Waals surface area contributed by atoms with Crippen molar-refractivity contribution in [2.45, 2.75) is 4.90 Å². The van der Waals surface area contributed by atoms with Gasteiger partial charge in [0.25, 0.3) is 5.99 Å². The van der Waals surface area contributed by atoms with Crippen LogP contribution < -0.4 is 36.4 Å². The van der Waals surface area contributed by atoms with E-state index in [-0.39, 0.29) is 5.99 Å². The smallest absolute Gasteiger partial charge is 0.289 e. The summed E-state index contributed by atoms with van der Waals surface area (Å²) < 4.78 is 9.38. The molecule has 3 heterocycles. The van der Waals surface area contributed by atoms with Gasteiger partial charge in [0.2, 0.25) is 0 Å². The van der Waals surface area contributed by atoms with Gasteiger partial charge in [-0.15, -0.1) is 0 Å². The van der Waals surface area contributed by atoms with Gasteiger partial charge in [-0.1, -0.05) is 194 Å². The highest BCUT2D eigenvalue weighted by atomic mass is 32.2. The third-order valence-corrected chi connectivity index (χ3v) is 19.7. The summed E-state index contributed by atoms with van der Waals surface area (Å²) in [6.07, 6.45) is 0. The number of aromatic nitrogens is 1. The molecule has 5 heteroatoms. The molecule has 0 saturated heterocycles. The Balaban J connectivity index is 1.01. The average Bonchev–Trinajstić information content (AvgIpc) is 3.72. The molecule has 0 saturated carbocycles. The molecule has 65 heavy (non-hydrogen) atoms. The first-order valence-electron chi connectivity index (χ1n) is 22.4. The van der Waals surface area contributed by atoms with E-state index in [0.717, 1.165) is 28.3 Å². The Morgan fingerprint density at radius 3 is 1.63 bits per heavy atom. The Bertz CT molecular complexity index is 3480. The molecule has 0 atom stereocenters. The van der Waals surface area contributed by atoms with E-state index in [0.29, 0.717) is 0 Å². The third-order valence-electron chi connectivity index (χ3n) is 13.6. The summed E-state index contributed by atoms with van der Waals surface area (Å²) in [5.74, 6) is 1.96. The van der Waals surface area contributed by atoms with E-state index in [4.69, 9.17) is 4.74 Å². The maximum Gasteiger partial charge on any atom is 0.289 e. The first-order chi connectivity index (χ1) is 32.2. The van der Waals surface area contributed by atoms with Gasteiger partial charge in [-0.05, 0) is 108 Å². The van der Waals surface area contributed by atoms with Crippen molar-refractivity contribution in [2.24, 2.45) is 0 Å². The maximum absolute atomic E-state index is 6.95. The van der Waals surface area contributed by atoms with Crippen molar-refractivity contribution in [3.05, 3.63) is 243 Å². The maximum atomic E-state index is 6.95. The number of hydrogen-bond acceptors (Lipinski definition) is 2. The third kappa shape index (κ3) is 5.96. The zero-order chi connectivity index (χ0) is 42.9. The van der Waals surface area contributed by atoms with Gasteiger partial charge < -0.3 is 9.30 Å². The number of ether oxygens (including phenoxy) is 1. The number of benzene rings is 10. The van der Waals surface area contributed by atoms with Gasteiger partial charge in [-0.2, -0.15) is 11.6 Å². The van der Waals surface area contributed by atoms with Crippen molar-refractivity contribution in [1.82, 2.24) is 4.57 Å². The molecule has 0 fully saturated rings. The summed E-state index contributed by atoms with van der Waals surface area (Å²) in [5, 5.41) is 7.96. The molecule has 0 unspecified atom stereocenters. The second-order valence-corrected chi connectivity index (χ2v) is 22.1. The van der Waals surface area contributed by atoms with Gasteiger partial charge in [0, 0.05) is 21.2 Å². The van der Waals surface area contributed by atoms with Crippen molar-refractivity contribution in [3.63, 3.8) is 0 Å². The van der Waals surface area contributed by atoms with Crippen LogP contribution in [0.4, 0.5) is 0 Å². The minimum Gasteiger partial charge on any atom is -0.458 e. The molecule has 11 aromatic rings. The first kappa shape index (κ1) is 37.9. The minimum absolute atomic E-state index is 0.113. The van der Waals surface area contributed by atoms with Crippen LogP contribution >= 0.6 is 11.6 Å². The number of hydrogen-bond donors (Lipinski definition) is 0. The van der Waals surface area contributed by atoms with Gasteiger partial charge >= 0.3 is 0 Å². The predicted molar refractivity (Wildman–Crippen MR) is 278 cm³/mol. The predicted octanol–water partition coefficient (Wildman–Crippen LogP) is 11.5. The topological polar surface area (TPSA) is 14.2 Å². The lowest BCUT2D eigenvalue weighted by Gasteiger charge is -2.35. The zero-order valence-electron chi connectivity index (χ0n) is 35.4. The van der Waals surface area contributed by atoms with E-state index >= 15 is 0 Å². The molecule has 0 radical (unpaired) electrons. The molecule has 0 N–H and O–H groups in total. The Morgan fingerprint density at radius 2 is 0.938 bits per heavy atom. The molecule has 304 valence electrons. The number of para-hydroxylation sites is 4. The van der Waals surface area contributed by atoms with Crippen LogP contribution in [-0.4, -0.2) is 18.6 Å². The van der Waals surface area contributed by atoms with Crippen molar-refractivity contribution in [1.29, 1.82) is 0 Å². The van der Waals surface area contributed by atoms with Crippen LogP contribution in [0, 0.1) is 0 Å². The summed E-state index contributed by atoms with van der Waals surface area (Å²) in [6.45, 7) is 0. The quantitative estimate of drug-likeness (QED) is 0.117. The SMILES string of the molecule is c1ccc([Si](c2ccccc2)(c2ccccc2)c2cccc(-c3ccc4c(c3)-c3cc(-c5ccccc5-n5c6ccccc6c6ccccc65)cc5c3B(S4)c3ccccc3O5)c2)cc1. The van der Waals surface area contributed by atoms with Crippen LogP contribution in [-0.2, 0) is 0 Å². The fraction of sp³-hybridized carbons (Fsp3) is 0. The summed E-state index contributed by atoms with van der Waals surface area (Å²) in [7, 11) is -2.73. The number of fused-ring (bicyclic) bond motifs is 7. The highest BCUT2D eigenvalue weighted by Gasteiger charge is 2.42. The molecular weight excluding hydrogens is 822 g/mol. The second kappa shape index (κ2) is 15.3. The summed E-state index contributed by atoms with van der Waals surface area (Å²) >= 11 is 1.94. The summed E-state index contributed by atoms with van der Waals surface area (Å²) in [6, 6.07) is 89.8. The lowest BCUT2D eigenvalue weighted by atomic mass is 9.57. The van der Waals surface area contributed by atoms with Crippen LogP contribution in [0.15, 0.2) is 248 Å². The highest BCUT2D eigenvalue weighted by molar-refractivity contribution is 8.28. The van der Waals surface area contributed by atoms with E-state index in [1.807, 2.05) is 11.6 Å². The van der Waals surface area contributed by atoms with Crippen LogP contribution in [0.1, 0.15) is 0 Å². The van der Waals surface area contributed by atoms with E-state index in [2.05, 4.69) is 247 Å². The van der Waals surface area contributed by atoms with Crippen molar-refractivity contribution < 1.29 is 4.74 Å². The van der Waals surface area contributed by atoms with Crippen molar-refractivity contribution in [2.75, 3.05) is 0 Å². The molecule has 0 spiro atoms. The molecule has 13 rings (SSSR count). The molecule has 0 aliphatic carbocycles. The molecule has 0 amide bonds. The van der Waals surface area contributed by atoms with Crippen LogP contribution in [0.3, 0.4) is 0 Å². The highest BCUT2D eigenvalue weighted by Crippen LogP contribution is 2.47. The van der Waals surface area contributed by atoms with Gasteiger partial charge in [0.05, 0.1) is 16.7 Å². The largest absolute Gasteiger partial charge is 0.458 e. The fourth-order valence-electron chi connectivity index (χ4n) is 10.8. The first-order valence-corrected chi connectivity index (χ1v) is 25.2. The van der Waals surface area contributed by atoms with Gasteiger partial charge in [-0.3, -0.25) is 0 Å². The lowest BCUT2D eigenvalue weighted by molar-refractivity contribution is 0.488. The van der Waals surface area contributed by atoms with E-state index < -0.39 is 8.07 Å².